The molecule has 0 spiro atoms. The number of Topliss-reactive ketones (excluding diaryl/α,β-unsaturated/α-hetero) is 1. The summed E-state index contributed by atoms with van der Waals surface area (Å²) in [5.41, 5.74) is 1.91. The van der Waals surface area contributed by atoms with Crippen LogP contribution in [0, 0.1) is 0 Å². The predicted molar refractivity (Wildman–Crippen MR) is 128 cm³/mol. The zero-order valence-corrected chi connectivity index (χ0v) is 19.4. The van der Waals surface area contributed by atoms with Gasteiger partial charge in [-0.1, -0.05) is 12.1 Å². The molecule has 0 saturated heterocycles. The fourth-order valence-electron chi connectivity index (χ4n) is 3.33. The van der Waals surface area contributed by atoms with Crippen molar-refractivity contribution < 1.29 is 23.8 Å². The Hall–Kier alpha value is -4.73. The monoisotopic (exact) mass is 473 g/mol. The molecule has 1 N–H and O–H groups in total. The number of hydrogen-bond acceptors (Lipinski definition) is 8. The van der Waals surface area contributed by atoms with Crippen LogP contribution in [0.1, 0.15) is 20.7 Å². The molecule has 0 unspecified atom stereocenters. The van der Waals surface area contributed by atoms with Crippen LogP contribution in [0.15, 0.2) is 66.7 Å². The van der Waals surface area contributed by atoms with Crippen molar-refractivity contribution in [1.29, 1.82) is 0 Å². The van der Waals surface area contributed by atoms with Crippen molar-refractivity contribution in [2.45, 2.75) is 6.54 Å². The maximum atomic E-state index is 12.9. The van der Waals surface area contributed by atoms with Gasteiger partial charge in [-0.15, -0.1) is 10.2 Å². The van der Waals surface area contributed by atoms with Crippen molar-refractivity contribution in [1.82, 2.24) is 20.2 Å². The van der Waals surface area contributed by atoms with Gasteiger partial charge in [0.25, 0.3) is 5.91 Å². The number of rotatable bonds is 9. The predicted octanol–water partition coefficient (Wildman–Crippen LogP) is 3.50. The molecule has 4 rings (SSSR count). The first kappa shape index (κ1) is 23.4. The maximum Gasteiger partial charge on any atom is 0.255 e. The molecule has 1 heterocycles. The zero-order chi connectivity index (χ0) is 24.8. The van der Waals surface area contributed by atoms with Gasteiger partial charge >= 0.3 is 0 Å². The molecule has 0 radical (unpaired) electrons. The molecule has 0 bridgehead atoms. The number of ketones is 1. The minimum atomic E-state index is -0.364. The van der Waals surface area contributed by atoms with E-state index in [9.17, 15) is 9.59 Å². The maximum absolute atomic E-state index is 12.9. The molecule has 0 atom stereocenters. The van der Waals surface area contributed by atoms with Crippen LogP contribution in [0.25, 0.3) is 11.4 Å². The van der Waals surface area contributed by atoms with Crippen molar-refractivity contribution in [3.8, 4) is 28.6 Å². The van der Waals surface area contributed by atoms with E-state index in [4.69, 9.17) is 14.2 Å². The summed E-state index contributed by atoms with van der Waals surface area (Å²) in [6, 6.07) is 18.7. The smallest absolute Gasteiger partial charge is 0.255 e. The second kappa shape index (κ2) is 10.5. The van der Waals surface area contributed by atoms with Crippen molar-refractivity contribution in [2.24, 2.45) is 0 Å². The van der Waals surface area contributed by atoms with Gasteiger partial charge in [0.1, 0.15) is 23.8 Å². The first-order valence-corrected chi connectivity index (χ1v) is 10.6. The number of nitrogens with one attached hydrogen (secondary N) is 1. The largest absolute Gasteiger partial charge is 0.497 e. The van der Waals surface area contributed by atoms with E-state index in [1.165, 1.54) is 19.0 Å². The summed E-state index contributed by atoms with van der Waals surface area (Å²) in [6.07, 6.45) is 0. The summed E-state index contributed by atoms with van der Waals surface area (Å²) in [5, 5.41) is 15.3. The Morgan fingerprint density at radius 1 is 0.829 bits per heavy atom. The normalized spacial score (nSPS) is 10.5. The summed E-state index contributed by atoms with van der Waals surface area (Å²) in [6.45, 7) is -0.0859. The molecule has 178 valence electrons. The minimum Gasteiger partial charge on any atom is -0.497 e. The molecular formula is C25H23N5O5. The van der Waals surface area contributed by atoms with Crippen LogP contribution in [-0.4, -0.2) is 53.2 Å². The molecule has 10 nitrogen and oxygen atoms in total. The minimum absolute atomic E-state index is 0.0859. The lowest BCUT2D eigenvalue weighted by Crippen LogP contribution is -2.14. The van der Waals surface area contributed by atoms with Crippen LogP contribution in [0.2, 0.25) is 0 Å². The number of benzene rings is 3. The van der Waals surface area contributed by atoms with E-state index in [0.29, 0.717) is 39.6 Å². The summed E-state index contributed by atoms with van der Waals surface area (Å²) in [4.78, 5) is 26.8. The average Bonchev–Trinajstić information content (AvgIpc) is 3.36. The van der Waals surface area contributed by atoms with Crippen molar-refractivity contribution >= 4 is 17.4 Å². The van der Waals surface area contributed by atoms with Crippen LogP contribution in [0.5, 0.6) is 17.2 Å². The number of nitrogens with zero attached hydrogens (tertiary/aromatic N) is 4. The molecule has 3 aromatic carbocycles. The molecule has 4 aromatic rings. The number of tetrazole rings is 1. The van der Waals surface area contributed by atoms with Crippen LogP contribution in [0.4, 0.5) is 5.69 Å². The third kappa shape index (κ3) is 5.44. The SMILES string of the molecule is COc1ccc(C(=O)Cn2nnc(-c3ccccc3NC(=O)c3cc(OC)cc(OC)c3)n2)cc1. The number of anilines is 1. The third-order valence-corrected chi connectivity index (χ3v) is 5.18. The standard InChI is InChI=1S/C25H23N5O5/c1-33-18-10-8-16(9-11-18)23(31)15-30-28-24(27-29-30)21-6-4-5-7-22(21)26-25(32)17-12-19(34-2)14-20(13-17)35-3/h4-14H,15H2,1-3H3,(H,26,32). The lowest BCUT2D eigenvalue weighted by Gasteiger charge is -2.11. The number of methoxy groups -OCH3 is 3. The molecule has 0 aliphatic carbocycles. The highest BCUT2D eigenvalue weighted by Crippen LogP contribution is 2.27. The number of aromatic nitrogens is 4. The third-order valence-electron chi connectivity index (χ3n) is 5.18. The van der Waals surface area contributed by atoms with Gasteiger partial charge in [-0.3, -0.25) is 9.59 Å². The van der Waals surface area contributed by atoms with E-state index >= 15 is 0 Å². The van der Waals surface area contributed by atoms with Crippen molar-refractivity contribution in [3.05, 3.63) is 77.9 Å². The lowest BCUT2D eigenvalue weighted by atomic mass is 10.1. The highest BCUT2D eigenvalue weighted by atomic mass is 16.5. The molecule has 35 heavy (non-hydrogen) atoms. The summed E-state index contributed by atoms with van der Waals surface area (Å²) in [5.74, 6) is 1.38. The number of hydrogen-bond donors (Lipinski definition) is 1. The van der Waals surface area contributed by atoms with Gasteiger partial charge in [-0.2, -0.15) is 4.80 Å². The van der Waals surface area contributed by atoms with E-state index in [1.807, 2.05) is 0 Å². The highest BCUT2D eigenvalue weighted by Gasteiger charge is 2.16. The average molecular weight is 473 g/mol. The van der Waals surface area contributed by atoms with Gasteiger partial charge in [0.2, 0.25) is 5.82 Å². The molecule has 1 aromatic heterocycles. The summed E-state index contributed by atoms with van der Waals surface area (Å²) in [7, 11) is 4.59. The fraction of sp³-hybridized carbons (Fsp3) is 0.160. The number of carbonyl (C=O) groups is 2. The highest BCUT2D eigenvalue weighted by molar-refractivity contribution is 6.06. The summed E-state index contributed by atoms with van der Waals surface area (Å²) >= 11 is 0. The zero-order valence-electron chi connectivity index (χ0n) is 19.4. The van der Waals surface area contributed by atoms with Gasteiger partial charge in [-0.05, 0) is 53.7 Å². The lowest BCUT2D eigenvalue weighted by molar-refractivity contribution is 0.0960. The Morgan fingerprint density at radius 2 is 1.49 bits per heavy atom. The van der Waals surface area contributed by atoms with E-state index < -0.39 is 0 Å². The van der Waals surface area contributed by atoms with E-state index in [0.717, 1.165) is 0 Å². The molecule has 0 saturated carbocycles. The van der Waals surface area contributed by atoms with Crippen LogP contribution >= 0.6 is 0 Å². The van der Waals surface area contributed by atoms with Gasteiger partial charge in [-0.25, -0.2) is 0 Å². The first-order valence-electron chi connectivity index (χ1n) is 10.6. The number of amides is 1. The second-order valence-electron chi connectivity index (χ2n) is 7.40. The van der Waals surface area contributed by atoms with E-state index in [1.54, 1.807) is 73.8 Å². The fourth-order valence-corrected chi connectivity index (χ4v) is 3.33. The molecule has 10 heteroatoms. The van der Waals surface area contributed by atoms with Crippen molar-refractivity contribution in [3.63, 3.8) is 0 Å². The molecule has 1 amide bonds. The Morgan fingerprint density at radius 3 is 2.14 bits per heavy atom. The quantitative estimate of drug-likeness (QED) is 0.367. The van der Waals surface area contributed by atoms with Crippen molar-refractivity contribution in [2.75, 3.05) is 26.6 Å². The van der Waals surface area contributed by atoms with Gasteiger partial charge in [0, 0.05) is 22.8 Å². The molecule has 0 aliphatic rings. The van der Waals surface area contributed by atoms with E-state index in [2.05, 4.69) is 20.7 Å². The molecule has 0 fully saturated rings. The number of carbonyl (C=O) groups excluding carboxylic acids is 2. The molecule has 0 aliphatic heterocycles. The number of para-hydroxylation sites is 1. The second-order valence-corrected chi connectivity index (χ2v) is 7.40. The van der Waals surface area contributed by atoms with Gasteiger partial charge in [0.15, 0.2) is 5.78 Å². The Labute approximate surface area is 201 Å². The summed E-state index contributed by atoms with van der Waals surface area (Å²) < 4.78 is 15.6. The van der Waals surface area contributed by atoms with Crippen LogP contribution < -0.4 is 19.5 Å². The Kier molecular flexibility index (Phi) is 7.01. The van der Waals surface area contributed by atoms with Crippen LogP contribution in [-0.2, 0) is 6.54 Å². The number of ether oxygens (including phenoxy) is 3. The Balaban J connectivity index is 1.52. The Bertz CT molecular complexity index is 1330. The topological polar surface area (TPSA) is 117 Å². The molecular weight excluding hydrogens is 450 g/mol. The van der Waals surface area contributed by atoms with Gasteiger partial charge < -0.3 is 19.5 Å². The van der Waals surface area contributed by atoms with Gasteiger partial charge in [0.05, 0.1) is 27.0 Å². The van der Waals surface area contributed by atoms with E-state index in [-0.39, 0.29) is 24.1 Å². The van der Waals surface area contributed by atoms with Crippen LogP contribution in [0.3, 0.4) is 0 Å². The first-order chi connectivity index (χ1) is 17.0.